The SMILES string of the molecule is Cl.NCc1nc(C(=O)Nc2ccc(NC(=O)C3CCCO3)cc2)cs1. The molecule has 2 amide bonds. The average molecular weight is 383 g/mol. The number of hydrogen-bond acceptors (Lipinski definition) is 6. The van der Waals surface area contributed by atoms with E-state index in [1.165, 1.54) is 11.3 Å². The monoisotopic (exact) mass is 382 g/mol. The Morgan fingerprint density at radius 2 is 1.92 bits per heavy atom. The molecule has 2 aromatic rings. The Morgan fingerprint density at radius 1 is 1.24 bits per heavy atom. The maximum atomic E-state index is 12.1. The van der Waals surface area contributed by atoms with Crippen LogP contribution in [0.4, 0.5) is 11.4 Å². The number of benzene rings is 1. The van der Waals surface area contributed by atoms with E-state index in [4.69, 9.17) is 10.5 Å². The minimum Gasteiger partial charge on any atom is -0.368 e. The second-order valence-electron chi connectivity index (χ2n) is 5.35. The number of hydrogen-bond donors (Lipinski definition) is 3. The summed E-state index contributed by atoms with van der Waals surface area (Å²) in [6, 6.07) is 6.90. The number of nitrogens with zero attached hydrogens (tertiary/aromatic N) is 1. The van der Waals surface area contributed by atoms with Crippen LogP contribution >= 0.6 is 23.7 Å². The molecule has 7 nitrogen and oxygen atoms in total. The van der Waals surface area contributed by atoms with Gasteiger partial charge in [-0.1, -0.05) is 0 Å². The van der Waals surface area contributed by atoms with Crippen LogP contribution in [0.2, 0.25) is 0 Å². The average Bonchev–Trinajstić information content (AvgIpc) is 3.28. The number of carbonyl (C=O) groups is 2. The predicted molar refractivity (Wildman–Crippen MR) is 99.3 cm³/mol. The van der Waals surface area contributed by atoms with Crippen molar-refractivity contribution in [2.24, 2.45) is 5.73 Å². The normalized spacial score (nSPS) is 16.1. The van der Waals surface area contributed by atoms with Crippen molar-refractivity contribution < 1.29 is 14.3 Å². The van der Waals surface area contributed by atoms with Crippen LogP contribution in [0.1, 0.15) is 28.3 Å². The van der Waals surface area contributed by atoms with Gasteiger partial charge in [-0.2, -0.15) is 0 Å². The molecular formula is C16H19ClN4O3S. The Labute approximate surface area is 155 Å². The summed E-state index contributed by atoms with van der Waals surface area (Å²) in [6.07, 6.45) is 1.29. The second kappa shape index (κ2) is 8.91. The molecule has 0 spiro atoms. The van der Waals surface area contributed by atoms with E-state index < -0.39 is 0 Å². The molecule has 25 heavy (non-hydrogen) atoms. The van der Waals surface area contributed by atoms with Gasteiger partial charge in [0.2, 0.25) is 0 Å². The van der Waals surface area contributed by atoms with Gasteiger partial charge >= 0.3 is 0 Å². The van der Waals surface area contributed by atoms with E-state index in [1.54, 1.807) is 29.6 Å². The third kappa shape index (κ3) is 4.99. The first-order valence-electron chi connectivity index (χ1n) is 7.64. The molecule has 0 aliphatic carbocycles. The van der Waals surface area contributed by atoms with Crippen molar-refractivity contribution in [1.29, 1.82) is 0 Å². The Hall–Kier alpha value is -2.00. The second-order valence-corrected chi connectivity index (χ2v) is 6.30. The molecule has 3 rings (SSSR count). The molecule has 134 valence electrons. The molecule has 9 heteroatoms. The van der Waals surface area contributed by atoms with Gasteiger partial charge in [0.05, 0.1) is 0 Å². The maximum Gasteiger partial charge on any atom is 0.275 e. The summed E-state index contributed by atoms with van der Waals surface area (Å²) >= 11 is 1.35. The van der Waals surface area contributed by atoms with Crippen molar-refractivity contribution in [3.63, 3.8) is 0 Å². The largest absolute Gasteiger partial charge is 0.368 e. The molecule has 1 unspecified atom stereocenters. The number of ether oxygens (including phenoxy) is 1. The van der Waals surface area contributed by atoms with Gasteiger partial charge in [0.25, 0.3) is 11.8 Å². The highest BCUT2D eigenvalue weighted by Gasteiger charge is 2.23. The van der Waals surface area contributed by atoms with Gasteiger partial charge in [-0.15, -0.1) is 23.7 Å². The highest BCUT2D eigenvalue weighted by atomic mass is 35.5. The number of nitrogens with two attached hydrogens (primary N) is 1. The maximum absolute atomic E-state index is 12.1. The Balaban J connectivity index is 0.00000225. The highest BCUT2D eigenvalue weighted by Crippen LogP contribution is 2.18. The molecule has 0 saturated carbocycles. The summed E-state index contributed by atoms with van der Waals surface area (Å²) in [5, 5.41) is 7.95. The van der Waals surface area contributed by atoms with Crippen molar-refractivity contribution in [3.8, 4) is 0 Å². The smallest absolute Gasteiger partial charge is 0.275 e. The van der Waals surface area contributed by atoms with Crippen LogP contribution < -0.4 is 16.4 Å². The molecule has 1 aliphatic rings. The molecule has 1 aromatic carbocycles. The van der Waals surface area contributed by atoms with E-state index in [9.17, 15) is 9.59 Å². The fraction of sp³-hybridized carbons (Fsp3) is 0.312. The van der Waals surface area contributed by atoms with Gasteiger partial charge < -0.3 is 21.1 Å². The van der Waals surface area contributed by atoms with Crippen molar-refractivity contribution in [2.75, 3.05) is 17.2 Å². The topological polar surface area (TPSA) is 106 Å². The lowest BCUT2D eigenvalue weighted by Gasteiger charge is -2.11. The molecule has 1 aromatic heterocycles. The van der Waals surface area contributed by atoms with E-state index in [2.05, 4.69) is 15.6 Å². The molecule has 1 saturated heterocycles. The van der Waals surface area contributed by atoms with Gasteiger partial charge in [0.15, 0.2) is 0 Å². The van der Waals surface area contributed by atoms with Crippen LogP contribution in [-0.4, -0.2) is 29.5 Å². The van der Waals surface area contributed by atoms with Crippen LogP contribution in [0.3, 0.4) is 0 Å². The lowest BCUT2D eigenvalue weighted by molar-refractivity contribution is -0.124. The number of amides is 2. The van der Waals surface area contributed by atoms with Crippen LogP contribution in [0.15, 0.2) is 29.6 Å². The summed E-state index contributed by atoms with van der Waals surface area (Å²) in [7, 11) is 0. The standard InChI is InChI=1S/C16H18N4O3S.ClH/c17-8-14-20-12(9-24-14)15(21)18-10-3-5-11(6-4-10)19-16(22)13-2-1-7-23-13;/h3-6,9,13H,1-2,7-8,17H2,(H,18,21)(H,19,22);1H. The zero-order chi connectivity index (χ0) is 16.9. The van der Waals surface area contributed by atoms with Crippen LogP contribution in [0.5, 0.6) is 0 Å². The van der Waals surface area contributed by atoms with E-state index in [0.29, 0.717) is 35.2 Å². The van der Waals surface area contributed by atoms with E-state index in [0.717, 1.165) is 12.8 Å². The minimum atomic E-state index is -0.370. The van der Waals surface area contributed by atoms with E-state index in [-0.39, 0.29) is 30.3 Å². The first-order valence-corrected chi connectivity index (χ1v) is 8.52. The molecule has 1 fully saturated rings. The Bertz CT molecular complexity index is 729. The number of rotatable bonds is 5. The van der Waals surface area contributed by atoms with Gasteiger partial charge in [0.1, 0.15) is 16.8 Å². The molecule has 4 N–H and O–H groups in total. The molecule has 1 atom stereocenters. The summed E-state index contributed by atoms with van der Waals surface area (Å²) < 4.78 is 5.34. The third-order valence-corrected chi connectivity index (χ3v) is 4.46. The lowest BCUT2D eigenvalue weighted by Crippen LogP contribution is -2.26. The summed E-state index contributed by atoms with van der Waals surface area (Å²) in [5.41, 5.74) is 7.12. The first kappa shape index (κ1) is 19.3. The fourth-order valence-corrected chi connectivity index (χ4v) is 3.00. The van der Waals surface area contributed by atoms with Gasteiger partial charge in [0, 0.05) is 29.9 Å². The third-order valence-electron chi connectivity index (χ3n) is 3.59. The number of halogens is 1. The number of nitrogens with one attached hydrogen (secondary N) is 2. The number of anilines is 2. The lowest BCUT2D eigenvalue weighted by atomic mass is 10.2. The molecule has 2 heterocycles. The van der Waals surface area contributed by atoms with Crippen LogP contribution in [0, 0.1) is 0 Å². The van der Waals surface area contributed by atoms with Crippen molar-refractivity contribution in [3.05, 3.63) is 40.3 Å². The van der Waals surface area contributed by atoms with Gasteiger partial charge in [-0.25, -0.2) is 4.98 Å². The molecular weight excluding hydrogens is 364 g/mol. The van der Waals surface area contributed by atoms with Crippen LogP contribution in [-0.2, 0) is 16.1 Å². The van der Waals surface area contributed by atoms with Gasteiger partial charge in [-0.05, 0) is 37.1 Å². The quantitative estimate of drug-likeness (QED) is 0.736. The Morgan fingerprint density at radius 3 is 2.48 bits per heavy atom. The first-order chi connectivity index (χ1) is 11.7. The number of aromatic nitrogens is 1. The van der Waals surface area contributed by atoms with Crippen molar-refractivity contribution >= 4 is 46.9 Å². The van der Waals surface area contributed by atoms with Crippen molar-refractivity contribution in [1.82, 2.24) is 4.98 Å². The molecule has 1 aliphatic heterocycles. The number of carbonyl (C=O) groups excluding carboxylic acids is 2. The molecule has 0 bridgehead atoms. The highest BCUT2D eigenvalue weighted by molar-refractivity contribution is 7.09. The Kier molecular flexibility index (Phi) is 6.89. The summed E-state index contributed by atoms with van der Waals surface area (Å²) in [5.74, 6) is -0.428. The number of thiazole rings is 1. The van der Waals surface area contributed by atoms with Crippen LogP contribution in [0.25, 0.3) is 0 Å². The van der Waals surface area contributed by atoms with E-state index >= 15 is 0 Å². The van der Waals surface area contributed by atoms with Crippen molar-refractivity contribution in [2.45, 2.75) is 25.5 Å². The zero-order valence-electron chi connectivity index (χ0n) is 13.4. The van der Waals surface area contributed by atoms with Gasteiger partial charge in [-0.3, -0.25) is 9.59 Å². The molecule has 0 radical (unpaired) electrons. The van der Waals surface area contributed by atoms with E-state index in [1.807, 2.05) is 0 Å². The summed E-state index contributed by atoms with van der Waals surface area (Å²) in [6.45, 7) is 0.947. The predicted octanol–water partition coefficient (Wildman–Crippen LogP) is 2.39. The summed E-state index contributed by atoms with van der Waals surface area (Å²) in [4.78, 5) is 28.2. The zero-order valence-corrected chi connectivity index (χ0v) is 15.0. The minimum absolute atomic E-state index is 0. The fourth-order valence-electron chi connectivity index (χ4n) is 2.35.